The Morgan fingerprint density at radius 3 is 2.54 bits per heavy atom. The van der Waals surface area contributed by atoms with Gasteiger partial charge in [0.05, 0.1) is 22.1 Å². The number of carbonyl (C=O) groups is 1. The molecule has 190 valence electrons. The van der Waals surface area contributed by atoms with E-state index in [9.17, 15) is 4.79 Å². The van der Waals surface area contributed by atoms with E-state index in [4.69, 9.17) is 9.47 Å². The Balaban J connectivity index is 1.38. The smallest absolute Gasteiger partial charge is 0.250 e. The van der Waals surface area contributed by atoms with Crippen LogP contribution in [0.25, 0.3) is 10.8 Å². The monoisotopic (exact) mass is 626 g/mol. The zero-order valence-electron chi connectivity index (χ0n) is 20.8. The number of rotatable bonds is 10. The van der Waals surface area contributed by atoms with Gasteiger partial charge < -0.3 is 9.47 Å². The van der Waals surface area contributed by atoms with Gasteiger partial charge in [-0.15, -0.1) is 0 Å². The molecule has 0 bridgehead atoms. The highest BCUT2D eigenvalue weighted by atomic mass is 127. The van der Waals surface area contributed by atoms with Crippen LogP contribution in [-0.2, 0) is 11.4 Å². The highest BCUT2D eigenvalue weighted by Crippen LogP contribution is 2.34. The summed E-state index contributed by atoms with van der Waals surface area (Å²) < 4.78 is 12.9. The second-order valence-corrected chi connectivity index (χ2v) is 10.4. The number of ether oxygens (including phenoxy) is 2. The lowest BCUT2D eigenvalue weighted by Gasteiger charge is -2.15. The number of aromatic nitrogens is 2. The fraction of sp³-hybridized carbons (Fsp3) is 0.214. The Labute approximate surface area is 234 Å². The number of fused-ring (bicyclic) bond motifs is 1. The van der Waals surface area contributed by atoms with E-state index in [0.717, 1.165) is 26.1 Å². The Morgan fingerprint density at radius 2 is 1.78 bits per heavy atom. The molecule has 1 aromatic heterocycles. The lowest BCUT2D eigenvalue weighted by atomic mass is 10.1. The number of hydrogen-bond acceptors (Lipinski definition) is 7. The van der Waals surface area contributed by atoms with Crippen molar-refractivity contribution in [1.29, 1.82) is 0 Å². The summed E-state index contributed by atoms with van der Waals surface area (Å²) in [4.78, 5) is 20.9. The number of hydrazone groups is 1. The van der Waals surface area contributed by atoms with Gasteiger partial charge >= 0.3 is 0 Å². The third-order valence-electron chi connectivity index (χ3n) is 5.23. The maximum absolute atomic E-state index is 12.2. The molecule has 4 aromatic rings. The van der Waals surface area contributed by atoms with Crippen LogP contribution in [0.3, 0.4) is 0 Å². The molecule has 1 amide bonds. The Kier molecular flexibility index (Phi) is 9.34. The first-order valence-electron chi connectivity index (χ1n) is 11.7. The van der Waals surface area contributed by atoms with Gasteiger partial charge in [0.2, 0.25) is 0 Å². The molecule has 0 radical (unpaired) electrons. The number of nitrogens with one attached hydrogen (secondary N) is 1. The predicted molar refractivity (Wildman–Crippen MR) is 157 cm³/mol. The van der Waals surface area contributed by atoms with Gasteiger partial charge in [-0.3, -0.25) is 4.79 Å². The molecule has 0 aliphatic rings. The summed E-state index contributed by atoms with van der Waals surface area (Å²) in [5.74, 6) is 1.25. The molecule has 0 atom stereocenters. The van der Waals surface area contributed by atoms with Crippen molar-refractivity contribution < 1.29 is 14.3 Å². The summed E-state index contributed by atoms with van der Waals surface area (Å²) in [6, 6.07) is 20.3. The average Bonchev–Trinajstić information content (AvgIpc) is 2.86. The van der Waals surface area contributed by atoms with Crippen molar-refractivity contribution in [3.63, 3.8) is 0 Å². The van der Waals surface area contributed by atoms with Crippen LogP contribution in [0.5, 0.6) is 11.5 Å². The van der Waals surface area contributed by atoms with Crippen molar-refractivity contribution in [3.8, 4) is 11.5 Å². The van der Waals surface area contributed by atoms with Crippen molar-refractivity contribution >= 4 is 57.2 Å². The molecule has 3 aromatic carbocycles. The van der Waals surface area contributed by atoms with Crippen LogP contribution in [-0.4, -0.2) is 34.4 Å². The lowest BCUT2D eigenvalue weighted by molar-refractivity contribution is -0.118. The molecule has 0 aliphatic carbocycles. The van der Waals surface area contributed by atoms with Crippen LogP contribution >= 0.6 is 34.4 Å². The number of thioether (sulfide) groups is 1. The minimum Gasteiger partial charge on any atom is -0.490 e. The molecule has 0 saturated heterocycles. The van der Waals surface area contributed by atoms with Gasteiger partial charge in [0.15, 0.2) is 16.7 Å². The molecule has 0 spiro atoms. The van der Waals surface area contributed by atoms with Crippen LogP contribution in [0.1, 0.15) is 29.4 Å². The van der Waals surface area contributed by atoms with Crippen LogP contribution in [0, 0.1) is 17.4 Å². The van der Waals surface area contributed by atoms with Gasteiger partial charge in [0.25, 0.3) is 5.91 Å². The van der Waals surface area contributed by atoms with Crippen molar-refractivity contribution in [1.82, 2.24) is 15.4 Å². The van der Waals surface area contributed by atoms with Gasteiger partial charge in [-0.25, -0.2) is 15.4 Å². The number of nitrogens with zero attached hydrogens (tertiary/aromatic N) is 3. The molecule has 0 aliphatic heterocycles. The van der Waals surface area contributed by atoms with Gasteiger partial charge in [-0.05, 0) is 89.5 Å². The highest BCUT2D eigenvalue weighted by molar-refractivity contribution is 14.1. The third kappa shape index (κ3) is 7.65. The molecule has 1 heterocycles. The first-order chi connectivity index (χ1) is 17.9. The van der Waals surface area contributed by atoms with Crippen molar-refractivity contribution in [3.05, 3.63) is 86.7 Å². The molecular formula is C28H27IN4O3S. The largest absolute Gasteiger partial charge is 0.490 e. The Hall–Kier alpha value is -3.18. The van der Waals surface area contributed by atoms with E-state index in [1.807, 2.05) is 51.1 Å². The van der Waals surface area contributed by atoms with Crippen LogP contribution < -0.4 is 14.9 Å². The second-order valence-electron chi connectivity index (χ2n) is 8.25. The van der Waals surface area contributed by atoms with Crippen molar-refractivity contribution in [2.75, 3.05) is 12.4 Å². The molecule has 0 fully saturated rings. The van der Waals surface area contributed by atoms with Crippen LogP contribution in [0.15, 0.2) is 70.9 Å². The van der Waals surface area contributed by atoms with Gasteiger partial charge in [-0.1, -0.05) is 48.2 Å². The van der Waals surface area contributed by atoms with Gasteiger partial charge in [0, 0.05) is 11.4 Å². The molecule has 4 rings (SSSR count). The minimum absolute atomic E-state index is 0.170. The quantitative estimate of drug-likeness (QED) is 0.0757. The molecular weight excluding hydrogens is 599 g/mol. The number of aryl methyl sites for hydroxylation is 2. The summed E-state index contributed by atoms with van der Waals surface area (Å²) >= 11 is 3.50. The Bertz CT molecular complexity index is 1420. The van der Waals surface area contributed by atoms with E-state index in [1.165, 1.54) is 22.5 Å². The van der Waals surface area contributed by atoms with E-state index in [0.29, 0.717) is 29.9 Å². The maximum atomic E-state index is 12.2. The fourth-order valence-electron chi connectivity index (χ4n) is 3.65. The molecule has 7 nitrogen and oxygen atoms in total. The summed E-state index contributed by atoms with van der Waals surface area (Å²) in [6.45, 7) is 6.66. The van der Waals surface area contributed by atoms with E-state index in [1.54, 1.807) is 6.21 Å². The third-order valence-corrected chi connectivity index (χ3v) is 6.87. The van der Waals surface area contributed by atoms with Crippen LogP contribution in [0.2, 0.25) is 0 Å². The number of benzene rings is 3. The standard InChI is InChI=1S/C28H27IN4O3S/c1-4-35-25-14-21(15-30-33-26(34)17-37-28-31-18(2)11-19(3)32-28)13-24(29)27(25)36-16-20-9-10-22-7-5-6-8-23(22)12-20/h5-15H,4,16-17H2,1-3H3,(H,33,34)/b30-15-. The van der Waals surface area contributed by atoms with E-state index >= 15 is 0 Å². The van der Waals surface area contributed by atoms with Gasteiger partial charge in [0.1, 0.15) is 6.61 Å². The predicted octanol–water partition coefficient (Wildman–Crippen LogP) is 6.07. The normalized spacial score (nSPS) is 11.1. The second kappa shape index (κ2) is 12.9. The summed E-state index contributed by atoms with van der Waals surface area (Å²) in [5, 5.41) is 7.06. The summed E-state index contributed by atoms with van der Waals surface area (Å²) in [7, 11) is 0. The van der Waals surface area contributed by atoms with E-state index in [2.05, 4.69) is 73.4 Å². The topological polar surface area (TPSA) is 85.7 Å². The van der Waals surface area contributed by atoms with Gasteiger partial charge in [-0.2, -0.15) is 5.10 Å². The summed E-state index contributed by atoms with van der Waals surface area (Å²) in [5.41, 5.74) is 6.17. The maximum Gasteiger partial charge on any atom is 0.250 e. The van der Waals surface area contributed by atoms with Crippen LogP contribution in [0.4, 0.5) is 0 Å². The zero-order chi connectivity index (χ0) is 26.2. The number of carbonyl (C=O) groups excluding carboxylic acids is 1. The van der Waals surface area contributed by atoms with E-state index < -0.39 is 0 Å². The Morgan fingerprint density at radius 1 is 1.03 bits per heavy atom. The van der Waals surface area contributed by atoms with Crippen molar-refractivity contribution in [2.24, 2.45) is 5.10 Å². The molecule has 0 unspecified atom stereocenters. The number of halogens is 1. The summed E-state index contributed by atoms with van der Waals surface area (Å²) in [6.07, 6.45) is 1.59. The molecule has 37 heavy (non-hydrogen) atoms. The highest BCUT2D eigenvalue weighted by Gasteiger charge is 2.13. The number of amides is 1. The first kappa shape index (κ1) is 26.9. The van der Waals surface area contributed by atoms with Crippen molar-refractivity contribution in [2.45, 2.75) is 32.5 Å². The average molecular weight is 627 g/mol. The molecule has 9 heteroatoms. The zero-order valence-corrected chi connectivity index (χ0v) is 23.8. The fourth-order valence-corrected chi connectivity index (χ4v) is 5.17. The molecule has 1 N–H and O–H groups in total. The lowest BCUT2D eigenvalue weighted by Crippen LogP contribution is -2.19. The van der Waals surface area contributed by atoms with E-state index in [-0.39, 0.29) is 11.7 Å². The molecule has 0 saturated carbocycles. The number of hydrogen-bond donors (Lipinski definition) is 1. The minimum atomic E-state index is -0.237. The first-order valence-corrected chi connectivity index (χ1v) is 13.8. The SMILES string of the molecule is CCOc1cc(/C=N\NC(=O)CSc2nc(C)cc(C)n2)cc(I)c1OCc1ccc2ccccc2c1.